The van der Waals surface area contributed by atoms with Gasteiger partial charge >= 0.3 is 0 Å². The van der Waals surface area contributed by atoms with E-state index in [-0.39, 0.29) is 18.0 Å². The third-order valence-electron chi connectivity index (χ3n) is 3.23. The summed E-state index contributed by atoms with van der Waals surface area (Å²) in [6, 6.07) is 1.60. The lowest BCUT2D eigenvalue weighted by molar-refractivity contribution is -0.0395. The number of pyridine rings is 1. The summed E-state index contributed by atoms with van der Waals surface area (Å²) >= 11 is 0. The molecule has 1 aromatic rings. The number of nitrogens with one attached hydrogen (secondary N) is 1. The summed E-state index contributed by atoms with van der Waals surface area (Å²) in [6.45, 7) is 5.21. The number of hydrogen-bond donors (Lipinski definition) is 1. The molecule has 1 aromatic heterocycles. The van der Waals surface area contributed by atoms with Crippen LogP contribution in [0.5, 0.6) is 0 Å². The molecule has 100 valence electrons. The van der Waals surface area contributed by atoms with Crippen molar-refractivity contribution in [1.29, 1.82) is 0 Å². The van der Waals surface area contributed by atoms with Crippen LogP contribution in [0.3, 0.4) is 0 Å². The number of rotatable bonds is 4. The summed E-state index contributed by atoms with van der Waals surface area (Å²) < 4.78 is 19.6. The highest BCUT2D eigenvalue weighted by Crippen LogP contribution is 2.23. The first-order valence-electron chi connectivity index (χ1n) is 6.35. The van der Waals surface area contributed by atoms with Gasteiger partial charge in [0.25, 0.3) is 0 Å². The molecule has 2 unspecified atom stereocenters. The molecule has 5 heteroatoms. The van der Waals surface area contributed by atoms with Crippen LogP contribution >= 0.6 is 0 Å². The number of morpholine rings is 1. The predicted molar refractivity (Wildman–Crippen MR) is 67.8 cm³/mol. The zero-order chi connectivity index (χ0) is 13.0. The molecule has 18 heavy (non-hydrogen) atoms. The molecule has 1 N–H and O–H groups in total. The van der Waals surface area contributed by atoms with Crippen molar-refractivity contribution < 1.29 is 9.13 Å². The van der Waals surface area contributed by atoms with Gasteiger partial charge in [0.1, 0.15) is 5.82 Å². The Morgan fingerprint density at radius 1 is 1.67 bits per heavy atom. The molecule has 0 aliphatic carbocycles. The van der Waals surface area contributed by atoms with Crippen LogP contribution in [0, 0.1) is 5.82 Å². The number of ether oxygens (including phenoxy) is 1. The molecular formula is C13H20FN3O. The van der Waals surface area contributed by atoms with Crippen molar-refractivity contribution in [1.82, 2.24) is 15.2 Å². The lowest BCUT2D eigenvalue weighted by Crippen LogP contribution is -2.47. The molecule has 2 atom stereocenters. The van der Waals surface area contributed by atoms with Crippen LogP contribution in [0.25, 0.3) is 0 Å². The maximum atomic E-state index is 13.8. The molecule has 4 nitrogen and oxygen atoms in total. The fraction of sp³-hybridized carbons (Fsp3) is 0.615. The Balaban J connectivity index is 2.19. The molecule has 0 spiro atoms. The molecule has 0 amide bonds. The molecular weight excluding hydrogens is 233 g/mol. The van der Waals surface area contributed by atoms with Crippen LogP contribution in [-0.2, 0) is 4.74 Å². The van der Waals surface area contributed by atoms with E-state index in [0.717, 1.165) is 19.6 Å². The van der Waals surface area contributed by atoms with E-state index in [1.54, 1.807) is 12.3 Å². The fourth-order valence-electron chi connectivity index (χ4n) is 2.31. The Hall–Kier alpha value is -1.04. The largest absolute Gasteiger partial charge is 0.374 e. The van der Waals surface area contributed by atoms with E-state index < -0.39 is 0 Å². The Morgan fingerprint density at radius 2 is 2.50 bits per heavy atom. The maximum absolute atomic E-state index is 13.8. The lowest BCUT2D eigenvalue weighted by Gasteiger charge is -2.35. The predicted octanol–water partition coefficient (Wildman–Crippen LogP) is 1.20. The molecule has 0 aromatic carbocycles. The zero-order valence-corrected chi connectivity index (χ0v) is 10.9. The zero-order valence-electron chi connectivity index (χ0n) is 10.9. The topological polar surface area (TPSA) is 37.4 Å². The van der Waals surface area contributed by atoms with E-state index in [2.05, 4.69) is 22.2 Å². The molecule has 1 saturated heterocycles. The quantitative estimate of drug-likeness (QED) is 0.875. The van der Waals surface area contributed by atoms with Gasteiger partial charge in [-0.05, 0) is 19.7 Å². The standard InChI is InChI=1S/C13H20FN3O/c1-3-16-13(10-4-5-15-8-11(10)14)12-9-17(2)6-7-18-12/h4-5,8,12-13,16H,3,6-7,9H2,1-2H3. The minimum Gasteiger partial charge on any atom is -0.374 e. The minimum atomic E-state index is -0.278. The van der Waals surface area contributed by atoms with Gasteiger partial charge in [-0.3, -0.25) is 4.98 Å². The summed E-state index contributed by atoms with van der Waals surface area (Å²) in [6.07, 6.45) is 2.85. The number of nitrogens with zero attached hydrogens (tertiary/aromatic N) is 2. The Morgan fingerprint density at radius 3 is 3.17 bits per heavy atom. The molecule has 0 radical (unpaired) electrons. The number of aromatic nitrogens is 1. The first-order chi connectivity index (χ1) is 8.72. The van der Waals surface area contributed by atoms with Gasteiger partial charge in [0.15, 0.2) is 0 Å². The Labute approximate surface area is 107 Å². The first kappa shape index (κ1) is 13.4. The van der Waals surface area contributed by atoms with E-state index in [1.165, 1.54) is 6.20 Å². The summed E-state index contributed by atoms with van der Waals surface area (Å²) in [5.74, 6) is -0.278. The van der Waals surface area contributed by atoms with E-state index in [0.29, 0.717) is 12.2 Å². The molecule has 0 bridgehead atoms. The van der Waals surface area contributed by atoms with Gasteiger partial charge in [0.05, 0.1) is 24.9 Å². The lowest BCUT2D eigenvalue weighted by atomic mass is 10.0. The summed E-state index contributed by atoms with van der Waals surface area (Å²) in [7, 11) is 2.06. The SMILES string of the molecule is CCNC(c1ccncc1F)C1CN(C)CCO1. The van der Waals surface area contributed by atoms with Crippen LogP contribution in [0.2, 0.25) is 0 Å². The third kappa shape index (κ3) is 3.04. The number of hydrogen-bond acceptors (Lipinski definition) is 4. The summed E-state index contributed by atoms with van der Waals surface area (Å²) in [5, 5.41) is 3.31. The number of likely N-dealkylation sites (N-methyl/N-ethyl adjacent to an activating group) is 2. The maximum Gasteiger partial charge on any atom is 0.146 e. The highest BCUT2D eigenvalue weighted by atomic mass is 19.1. The van der Waals surface area contributed by atoms with Crippen molar-refractivity contribution in [3.8, 4) is 0 Å². The van der Waals surface area contributed by atoms with Crippen molar-refractivity contribution in [2.45, 2.75) is 19.1 Å². The molecule has 1 aliphatic heterocycles. The average molecular weight is 253 g/mol. The van der Waals surface area contributed by atoms with E-state index in [4.69, 9.17) is 4.74 Å². The van der Waals surface area contributed by atoms with E-state index in [9.17, 15) is 4.39 Å². The van der Waals surface area contributed by atoms with Gasteiger partial charge in [-0.15, -0.1) is 0 Å². The van der Waals surface area contributed by atoms with Crippen molar-refractivity contribution in [2.75, 3.05) is 33.3 Å². The van der Waals surface area contributed by atoms with Crippen LogP contribution in [0.1, 0.15) is 18.5 Å². The van der Waals surface area contributed by atoms with E-state index in [1.807, 2.05) is 6.92 Å². The highest BCUT2D eigenvalue weighted by molar-refractivity contribution is 5.19. The minimum absolute atomic E-state index is 0.0272. The molecule has 1 fully saturated rings. The molecule has 2 rings (SSSR count). The van der Waals surface area contributed by atoms with Gasteiger partial charge in [-0.25, -0.2) is 4.39 Å². The van der Waals surface area contributed by atoms with Crippen LogP contribution in [-0.4, -0.2) is 49.3 Å². The summed E-state index contributed by atoms with van der Waals surface area (Å²) in [5.41, 5.74) is 0.632. The second-order valence-electron chi connectivity index (χ2n) is 4.60. The third-order valence-corrected chi connectivity index (χ3v) is 3.23. The highest BCUT2D eigenvalue weighted by Gasteiger charge is 2.29. The van der Waals surface area contributed by atoms with Crippen LogP contribution in [0.15, 0.2) is 18.5 Å². The first-order valence-corrected chi connectivity index (χ1v) is 6.35. The van der Waals surface area contributed by atoms with Gasteiger partial charge in [0.2, 0.25) is 0 Å². The fourth-order valence-corrected chi connectivity index (χ4v) is 2.31. The van der Waals surface area contributed by atoms with Gasteiger partial charge in [-0.1, -0.05) is 6.92 Å². The van der Waals surface area contributed by atoms with Gasteiger partial charge < -0.3 is 15.0 Å². The summed E-state index contributed by atoms with van der Waals surface area (Å²) in [4.78, 5) is 6.00. The van der Waals surface area contributed by atoms with Gasteiger partial charge in [-0.2, -0.15) is 0 Å². The number of halogens is 1. The van der Waals surface area contributed by atoms with Crippen LogP contribution < -0.4 is 5.32 Å². The monoisotopic (exact) mass is 253 g/mol. The second kappa shape index (κ2) is 6.22. The van der Waals surface area contributed by atoms with Gasteiger partial charge in [0, 0.05) is 24.8 Å². The van der Waals surface area contributed by atoms with E-state index >= 15 is 0 Å². The average Bonchev–Trinajstić information content (AvgIpc) is 2.37. The van der Waals surface area contributed by atoms with Crippen molar-refractivity contribution in [2.24, 2.45) is 0 Å². The smallest absolute Gasteiger partial charge is 0.146 e. The molecule has 0 saturated carbocycles. The van der Waals surface area contributed by atoms with Crippen molar-refractivity contribution in [3.05, 3.63) is 29.8 Å². The van der Waals surface area contributed by atoms with Crippen LogP contribution in [0.4, 0.5) is 4.39 Å². The second-order valence-corrected chi connectivity index (χ2v) is 4.60. The normalized spacial score (nSPS) is 22.9. The Bertz CT molecular complexity index is 388. The molecule has 1 aliphatic rings. The molecule has 2 heterocycles. The van der Waals surface area contributed by atoms with Crippen molar-refractivity contribution in [3.63, 3.8) is 0 Å². The Kier molecular flexibility index (Phi) is 4.63. The van der Waals surface area contributed by atoms with Crippen molar-refractivity contribution >= 4 is 0 Å².